The van der Waals surface area contributed by atoms with Crippen molar-refractivity contribution in [1.82, 2.24) is 4.90 Å². The summed E-state index contributed by atoms with van der Waals surface area (Å²) in [5.74, 6) is -0.478. The maximum Gasteiger partial charge on any atom is 0.227 e. The summed E-state index contributed by atoms with van der Waals surface area (Å²) in [6, 6.07) is 34.0. The zero-order valence-electron chi connectivity index (χ0n) is 24.7. The lowest BCUT2D eigenvalue weighted by Gasteiger charge is -2.39. The third kappa shape index (κ3) is 3.99. The number of hydrogen-bond donors (Lipinski definition) is 0. The second-order valence-corrected chi connectivity index (χ2v) is 13.9. The minimum absolute atomic E-state index is 0.0143. The van der Waals surface area contributed by atoms with Crippen molar-refractivity contribution in [2.45, 2.75) is 43.6 Å². The Morgan fingerprint density at radius 2 is 1.02 bits per heavy atom. The number of hydrogen-bond acceptors (Lipinski definition) is 2. The van der Waals surface area contributed by atoms with Crippen molar-refractivity contribution >= 4 is 27.9 Å². The highest BCUT2D eigenvalue weighted by molar-refractivity contribution is 7.89. The third-order valence-corrected chi connectivity index (χ3v) is 11.6. The molecule has 4 heteroatoms. The lowest BCUT2D eigenvalue weighted by molar-refractivity contribution is -0.133. The Kier molecular flexibility index (Phi) is 6.66. The summed E-state index contributed by atoms with van der Waals surface area (Å²) in [7, 11) is 2.13. The van der Waals surface area contributed by atoms with Gasteiger partial charge < -0.3 is 4.90 Å². The number of carbonyl (C=O) groups excluding carboxylic acids is 1. The van der Waals surface area contributed by atoms with E-state index in [0.29, 0.717) is 6.42 Å². The summed E-state index contributed by atoms with van der Waals surface area (Å²) in [6.07, 6.45) is 0.478. The lowest BCUT2D eigenvalue weighted by Crippen LogP contribution is -2.43. The van der Waals surface area contributed by atoms with E-state index < -0.39 is 26.2 Å². The molecular formula is C37H37NO2S. The smallest absolute Gasteiger partial charge is 0.227 e. The van der Waals surface area contributed by atoms with Crippen LogP contribution < -0.4 is 0 Å². The molecule has 2 aliphatic rings. The molecule has 208 valence electrons. The Morgan fingerprint density at radius 1 is 0.634 bits per heavy atom. The van der Waals surface area contributed by atoms with Crippen LogP contribution in [0.2, 0.25) is 0 Å². The van der Waals surface area contributed by atoms with Gasteiger partial charge in [0.25, 0.3) is 0 Å². The van der Waals surface area contributed by atoms with Crippen LogP contribution >= 0.6 is 0 Å². The molecule has 0 aromatic heterocycles. The average molecular weight is 560 g/mol. The van der Waals surface area contributed by atoms with Gasteiger partial charge in [-0.2, -0.15) is 0 Å². The summed E-state index contributed by atoms with van der Waals surface area (Å²) in [5, 5.41) is 0. The van der Waals surface area contributed by atoms with Crippen LogP contribution in [-0.4, -0.2) is 29.1 Å². The summed E-state index contributed by atoms with van der Waals surface area (Å²) in [6.45, 7) is 8.31. The molecule has 4 unspecified atom stereocenters. The van der Waals surface area contributed by atoms with Crippen LogP contribution in [0.25, 0.3) is 11.1 Å². The van der Waals surface area contributed by atoms with Crippen LogP contribution in [0.15, 0.2) is 97.1 Å². The highest BCUT2D eigenvalue weighted by atomic mass is 32.2. The standard InChI is InChI=1S/C37H37NO2S/c1-24-7-15-28(16-8-24)33-34(29-17-9-25(2)10-18-29)37(31-21-13-27(4)14-22-31)32(35(39)38(5)6)23-36(33,41(37)40)30-19-11-26(3)12-20-30/h7-22,32H,23H2,1-6H3. The van der Waals surface area contributed by atoms with Gasteiger partial charge in [-0.05, 0) is 67.5 Å². The van der Waals surface area contributed by atoms with E-state index in [1.54, 1.807) is 4.90 Å². The lowest BCUT2D eigenvalue weighted by atomic mass is 9.62. The molecule has 1 fully saturated rings. The molecule has 2 bridgehead atoms. The topological polar surface area (TPSA) is 37.4 Å². The fraction of sp³-hybridized carbons (Fsp3) is 0.270. The normalized spacial score (nSPS) is 25.0. The highest BCUT2D eigenvalue weighted by Crippen LogP contribution is 2.73. The Labute approximate surface area is 246 Å². The second kappa shape index (κ2) is 9.95. The van der Waals surface area contributed by atoms with Gasteiger partial charge >= 0.3 is 0 Å². The number of amides is 1. The van der Waals surface area contributed by atoms with Gasteiger partial charge in [-0.1, -0.05) is 119 Å². The van der Waals surface area contributed by atoms with Gasteiger partial charge in [-0.3, -0.25) is 9.00 Å². The molecule has 1 amide bonds. The van der Waals surface area contributed by atoms with E-state index in [2.05, 4.69) is 125 Å². The first-order chi connectivity index (χ1) is 19.6. The predicted molar refractivity (Wildman–Crippen MR) is 170 cm³/mol. The molecule has 0 spiro atoms. The summed E-state index contributed by atoms with van der Waals surface area (Å²) < 4.78 is 13.8. The molecule has 0 aliphatic carbocycles. The first-order valence-corrected chi connectivity index (χ1v) is 15.4. The van der Waals surface area contributed by atoms with Crippen molar-refractivity contribution in [2.75, 3.05) is 14.1 Å². The molecule has 4 aromatic rings. The fourth-order valence-electron chi connectivity index (χ4n) is 6.96. The van der Waals surface area contributed by atoms with Gasteiger partial charge in [0.05, 0.1) is 21.5 Å². The minimum Gasteiger partial charge on any atom is -0.349 e. The van der Waals surface area contributed by atoms with Crippen LogP contribution in [0.4, 0.5) is 0 Å². The molecule has 3 nitrogen and oxygen atoms in total. The maximum absolute atomic E-state index is 15.7. The number of carbonyl (C=O) groups is 1. The number of fused-ring (bicyclic) bond motifs is 2. The maximum atomic E-state index is 15.7. The Morgan fingerprint density at radius 3 is 1.46 bits per heavy atom. The van der Waals surface area contributed by atoms with Crippen molar-refractivity contribution in [3.05, 3.63) is 142 Å². The molecule has 0 saturated carbocycles. The number of rotatable bonds is 5. The van der Waals surface area contributed by atoms with E-state index in [1.165, 1.54) is 5.56 Å². The van der Waals surface area contributed by atoms with Crippen LogP contribution in [0, 0.1) is 33.6 Å². The van der Waals surface area contributed by atoms with E-state index in [-0.39, 0.29) is 5.91 Å². The Hall–Kier alpha value is -3.76. The SMILES string of the molecule is Cc1ccc(C2=C(c3ccc(C)cc3)C3(c4ccc(C)cc4)C(C(=O)N(C)C)CC2(c2ccc(C)cc2)S3=O)cc1. The van der Waals surface area contributed by atoms with Crippen molar-refractivity contribution in [1.29, 1.82) is 0 Å². The zero-order chi connectivity index (χ0) is 29.1. The predicted octanol–water partition coefficient (Wildman–Crippen LogP) is 7.49. The first kappa shape index (κ1) is 27.4. The van der Waals surface area contributed by atoms with Crippen LogP contribution in [0.5, 0.6) is 0 Å². The minimum atomic E-state index is -1.49. The van der Waals surface area contributed by atoms with E-state index in [9.17, 15) is 4.79 Å². The molecule has 4 aromatic carbocycles. The van der Waals surface area contributed by atoms with Crippen LogP contribution in [0.1, 0.15) is 50.9 Å². The van der Waals surface area contributed by atoms with E-state index in [1.807, 2.05) is 14.1 Å². The Balaban J connectivity index is 1.82. The summed E-state index contributed by atoms with van der Waals surface area (Å²) in [4.78, 5) is 15.9. The molecule has 2 heterocycles. The van der Waals surface area contributed by atoms with Crippen molar-refractivity contribution in [3.8, 4) is 0 Å². The van der Waals surface area contributed by atoms with Gasteiger partial charge in [0.1, 0.15) is 4.75 Å². The molecule has 41 heavy (non-hydrogen) atoms. The molecular weight excluding hydrogens is 522 g/mol. The third-order valence-electron chi connectivity index (χ3n) is 9.03. The van der Waals surface area contributed by atoms with Crippen LogP contribution in [0.3, 0.4) is 0 Å². The number of benzene rings is 4. The average Bonchev–Trinajstić information content (AvgIpc) is 3.35. The van der Waals surface area contributed by atoms with Crippen molar-refractivity contribution in [3.63, 3.8) is 0 Å². The van der Waals surface area contributed by atoms with E-state index >= 15 is 4.21 Å². The zero-order valence-corrected chi connectivity index (χ0v) is 25.5. The Bertz CT molecular complexity index is 1680. The monoisotopic (exact) mass is 559 g/mol. The van der Waals surface area contributed by atoms with E-state index in [4.69, 9.17) is 0 Å². The molecule has 1 saturated heterocycles. The van der Waals surface area contributed by atoms with Gasteiger partial charge in [0.15, 0.2) is 0 Å². The quantitative estimate of drug-likeness (QED) is 0.254. The van der Waals surface area contributed by atoms with Crippen molar-refractivity contribution < 1.29 is 9.00 Å². The number of nitrogens with zero attached hydrogens (tertiary/aromatic N) is 1. The van der Waals surface area contributed by atoms with Gasteiger partial charge in [0.2, 0.25) is 5.91 Å². The van der Waals surface area contributed by atoms with Crippen LogP contribution in [-0.2, 0) is 25.1 Å². The summed E-state index contributed by atoms with van der Waals surface area (Å²) in [5.41, 5.74) is 10.7. The number of aryl methyl sites for hydroxylation is 4. The first-order valence-electron chi connectivity index (χ1n) is 14.3. The second-order valence-electron chi connectivity index (χ2n) is 12.0. The van der Waals surface area contributed by atoms with Gasteiger partial charge in [-0.25, -0.2) is 0 Å². The van der Waals surface area contributed by atoms with Gasteiger partial charge in [0, 0.05) is 14.1 Å². The van der Waals surface area contributed by atoms with Gasteiger partial charge in [-0.15, -0.1) is 0 Å². The molecule has 0 N–H and O–H groups in total. The largest absolute Gasteiger partial charge is 0.349 e. The van der Waals surface area contributed by atoms with E-state index in [0.717, 1.165) is 50.1 Å². The summed E-state index contributed by atoms with van der Waals surface area (Å²) >= 11 is 0. The fourth-order valence-corrected chi connectivity index (χ4v) is 9.78. The molecule has 0 radical (unpaired) electrons. The van der Waals surface area contributed by atoms with Crippen molar-refractivity contribution in [2.24, 2.45) is 5.92 Å². The highest BCUT2D eigenvalue weighted by Gasteiger charge is 2.73. The molecule has 6 rings (SSSR count). The molecule has 4 atom stereocenters. The molecule has 2 aliphatic heterocycles.